The van der Waals surface area contributed by atoms with Crippen LogP contribution in [0.4, 0.5) is 15.3 Å². The molecule has 0 aromatic heterocycles. The highest BCUT2D eigenvalue weighted by molar-refractivity contribution is 6.34. The Labute approximate surface area is 110 Å². The Morgan fingerprint density at radius 2 is 2.11 bits per heavy atom. The van der Waals surface area contributed by atoms with E-state index < -0.39 is 0 Å². The average molecular weight is 268 g/mol. The Balaban J connectivity index is 2.17. The van der Waals surface area contributed by atoms with E-state index in [0.29, 0.717) is 30.3 Å². The summed E-state index contributed by atoms with van der Waals surface area (Å²) in [6.07, 6.45) is 0. The van der Waals surface area contributed by atoms with Gasteiger partial charge in [0, 0.05) is 13.1 Å². The molecule has 0 aliphatic carbocycles. The maximum Gasteiger partial charge on any atom is 0.332 e. The number of rotatable bonds is 2. The maximum atomic E-state index is 12.1. The zero-order valence-electron chi connectivity index (χ0n) is 10.0. The van der Waals surface area contributed by atoms with Crippen molar-refractivity contribution >= 4 is 29.4 Å². The van der Waals surface area contributed by atoms with Crippen molar-refractivity contribution in [1.29, 1.82) is 0 Å². The minimum Gasteiger partial charge on any atom is -0.338 e. The van der Waals surface area contributed by atoms with Crippen LogP contribution in [-0.2, 0) is 0 Å². The highest BCUT2D eigenvalue weighted by Gasteiger charge is 2.34. The molecule has 0 radical (unpaired) electrons. The Bertz CT molecular complexity index is 478. The smallest absolute Gasteiger partial charge is 0.332 e. The summed E-state index contributed by atoms with van der Waals surface area (Å²) in [5, 5.41) is 3.11. The number of nitrogens with zero attached hydrogens (tertiary/aromatic N) is 2. The molecule has 0 spiro atoms. The van der Waals surface area contributed by atoms with Crippen LogP contribution in [0.1, 0.15) is 6.92 Å². The van der Waals surface area contributed by atoms with Crippen molar-refractivity contribution in [3.05, 3.63) is 29.3 Å². The normalized spacial score (nSPS) is 15.1. The Morgan fingerprint density at radius 1 is 1.39 bits per heavy atom. The van der Waals surface area contributed by atoms with E-state index in [2.05, 4.69) is 5.32 Å². The molecule has 2 rings (SSSR count). The van der Waals surface area contributed by atoms with Crippen LogP contribution in [0.5, 0.6) is 0 Å². The SMILES string of the molecule is CCNC(=O)N1CCN(c2ccccc2Cl)C1=O. The van der Waals surface area contributed by atoms with Gasteiger partial charge in [0.2, 0.25) is 0 Å². The lowest BCUT2D eigenvalue weighted by Crippen LogP contribution is -2.42. The molecule has 6 heteroatoms. The number of benzene rings is 1. The number of anilines is 1. The first-order valence-electron chi connectivity index (χ1n) is 5.76. The Kier molecular flexibility index (Phi) is 3.72. The Morgan fingerprint density at radius 3 is 2.78 bits per heavy atom. The molecule has 1 aromatic rings. The highest BCUT2D eigenvalue weighted by Crippen LogP contribution is 2.28. The van der Waals surface area contributed by atoms with Crippen LogP contribution in [0.25, 0.3) is 0 Å². The fraction of sp³-hybridized carbons (Fsp3) is 0.333. The third kappa shape index (κ3) is 2.26. The van der Waals surface area contributed by atoms with Gasteiger partial charge in [-0.3, -0.25) is 4.90 Å². The van der Waals surface area contributed by atoms with Gasteiger partial charge >= 0.3 is 12.1 Å². The molecule has 0 bridgehead atoms. The fourth-order valence-electron chi connectivity index (χ4n) is 1.87. The first-order chi connectivity index (χ1) is 8.65. The lowest BCUT2D eigenvalue weighted by Gasteiger charge is -2.18. The molecule has 0 atom stereocenters. The molecule has 1 fully saturated rings. The van der Waals surface area contributed by atoms with Crippen molar-refractivity contribution in [3.63, 3.8) is 0 Å². The second-order valence-electron chi connectivity index (χ2n) is 3.87. The van der Waals surface area contributed by atoms with E-state index in [4.69, 9.17) is 11.6 Å². The largest absolute Gasteiger partial charge is 0.338 e. The first-order valence-corrected chi connectivity index (χ1v) is 6.14. The summed E-state index contributed by atoms with van der Waals surface area (Å²) in [4.78, 5) is 26.5. The molecule has 1 aliphatic rings. The van der Waals surface area contributed by atoms with Gasteiger partial charge in [0.05, 0.1) is 17.3 Å². The summed E-state index contributed by atoms with van der Waals surface area (Å²) in [6, 6.07) is 6.39. The first kappa shape index (κ1) is 12.7. The Hall–Kier alpha value is -1.75. The van der Waals surface area contributed by atoms with E-state index in [1.165, 1.54) is 9.80 Å². The molecule has 4 amide bonds. The minimum atomic E-state index is -0.364. The zero-order chi connectivity index (χ0) is 13.1. The number of para-hydroxylation sites is 1. The molecule has 0 saturated carbocycles. The molecule has 1 saturated heterocycles. The molecule has 1 aliphatic heterocycles. The quantitative estimate of drug-likeness (QED) is 0.894. The van der Waals surface area contributed by atoms with Crippen molar-refractivity contribution in [2.24, 2.45) is 0 Å². The van der Waals surface area contributed by atoms with E-state index in [-0.39, 0.29) is 12.1 Å². The number of urea groups is 2. The third-order valence-electron chi connectivity index (χ3n) is 2.73. The van der Waals surface area contributed by atoms with Gasteiger partial charge in [0.15, 0.2) is 0 Å². The van der Waals surface area contributed by atoms with Crippen LogP contribution in [-0.4, -0.2) is 36.6 Å². The summed E-state index contributed by atoms with van der Waals surface area (Å²) < 4.78 is 0. The lowest BCUT2D eigenvalue weighted by atomic mass is 10.3. The van der Waals surface area contributed by atoms with E-state index in [9.17, 15) is 9.59 Å². The summed E-state index contributed by atoms with van der Waals surface area (Å²) in [7, 11) is 0. The predicted octanol–water partition coefficient (Wildman–Crippen LogP) is 2.31. The number of nitrogens with one attached hydrogen (secondary N) is 1. The summed E-state index contributed by atoms with van der Waals surface area (Å²) >= 11 is 6.05. The van der Waals surface area contributed by atoms with Gasteiger partial charge in [-0.2, -0.15) is 0 Å². The van der Waals surface area contributed by atoms with Crippen molar-refractivity contribution in [1.82, 2.24) is 10.2 Å². The molecule has 96 valence electrons. The van der Waals surface area contributed by atoms with Crippen LogP contribution in [0, 0.1) is 0 Å². The van der Waals surface area contributed by atoms with Gasteiger partial charge in [0.25, 0.3) is 0 Å². The second-order valence-corrected chi connectivity index (χ2v) is 4.28. The molecule has 1 aromatic carbocycles. The van der Waals surface area contributed by atoms with Gasteiger partial charge in [-0.05, 0) is 19.1 Å². The number of hydrogen-bond acceptors (Lipinski definition) is 2. The minimum absolute atomic E-state index is 0.339. The third-order valence-corrected chi connectivity index (χ3v) is 3.05. The number of amides is 4. The standard InChI is InChI=1S/C12H14ClN3O2/c1-2-14-11(17)16-8-7-15(12(16)18)10-6-4-3-5-9(10)13/h3-6H,2,7-8H2,1H3,(H,14,17). The van der Waals surface area contributed by atoms with Crippen LogP contribution < -0.4 is 10.2 Å². The average Bonchev–Trinajstić information content (AvgIpc) is 2.72. The number of hydrogen-bond donors (Lipinski definition) is 1. The van der Waals surface area contributed by atoms with Crippen molar-refractivity contribution in [2.75, 3.05) is 24.5 Å². The van der Waals surface area contributed by atoms with Crippen LogP contribution in [0.2, 0.25) is 5.02 Å². The zero-order valence-corrected chi connectivity index (χ0v) is 10.8. The monoisotopic (exact) mass is 267 g/mol. The van der Waals surface area contributed by atoms with E-state index >= 15 is 0 Å². The van der Waals surface area contributed by atoms with Gasteiger partial charge in [0.1, 0.15) is 0 Å². The number of carbonyl (C=O) groups is 2. The number of carbonyl (C=O) groups excluding carboxylic acids is 2. The molecule has 0 unspecified atom stereocenters. The number of imide groups is 1. The van der Waals surface area contributed by atoms with Gasteiger partial charge in [-0.1, -0.05) is 23.7 Å². The molecule has 1 heterocycles. The van der Waals surface area contributed by atoms with E-state index in [0.717, 1.165) is 0 Å². The summed E-state index contributed by atoms with van der Waals surface area (Å²) in [6.45, 7) is 3.13. The van der Waals surface area contributed by atoms with Crippen molar-refractivity contribution in [2.45, 2.75) is 6.92 Å². The molecule has 5 nitrogen and oxygen atoms in total. The summed E-state index contributed by atoms with van der Waals surface area (Å²) in [5.41, 5.74) is 0.635. The highest BCUT2D eigenvalue weighted by atomic mass is 35.5. The molecule has 1 N–H and O–H groups in total. The van der Waals surface area contributed by atoms with Crippen LogP contribution in [0.15, 0.2) is 24.3 Å². The number of halogens is 1. The fourth-order valence-corrected chi connectivity index (χ4v) is 2.10. The van der Waals surface area contributed by atoms with E-state index in [1.807, 2.05) is 13.0 Å². The van der Waals surface area contributed by atoms with Gasteiger partial charge < -0.3 is 5.32 Å². The van der Waals surface area contributed by atoms with E-state index in [1.54, 1.807) is 18.2 Å². The topological polar surface area (TPSA) is 52.7 Å². The van der Waals surface area contributed by atoms with Gasteiger partial charge in [-0.15, -0.1) is 0 Å². The van der Waals surface area contributed by atoms with Crippen molar-refractivity contribution in [3.8, 4) is 0 Å². The second kappa shape index (κ2) is 5.27. The van der Waals surface area contributed by atoms with Crippen LogP contribution in [0.3, 0.4) is 0 Å². The predicted molar refractivity (Wildman–Crippen MR) is 70.0 cm³/mol. The van der Waals surface area contributed by atoms with Crippen molar-refractivity contribution < 1.29 is 9.59 Å². The van der Waals surface area contributed by atoms with Gasteiger partial charge in [-0.25, -0.2) is 14.5 Å². The molecular weight excluding hydrogens is 254 g/mol. The summed E-state index contributed by atoms with van der Waals surface area (Å²) in [5.74, 6) is 0. The lowest BCUT2D eigenvalue weighted by molar-refractivity contribution is 0.200. The molecule has 18 heavy (non-hydrogen) atoms. The maximum absolute atomic E-state index is 12.1. The molecular formula is C12H14ClN3O2. The van der Waals surface area contributed by atoms with Crippen LogP contribution >= 0.6 is 11.6 Å².